The van der Waals surface area contributed by atoms with Crippen LogP contribution in [-0.2, 0) is 6.67 Å². The van der Waals surface area contributed by atoms with Crippen LogP contribution in [0.4, 0.5) is 0 Å². The monoisotopic (exact) mass is 812 g/mol. The third kappa shape index (κ3) is 7.80. The van der Waals surface area contributed by atoms with Crippen LogP contribution in [-0.4, -0.2) is 105 Å². The summed E-state index contributed by atoms with van der Waals surface area (Å²) in [7, 11) is 18.7. The fourth-order valence-corrected chi connectivity index (χ4v) is 6.84. The number of methoxy groups -OCH3 is 12. The molecule has 0 atom stereocenters. The molecule has 312 valence electrons. The molecule has 4 aromatic carbocycles. The fraction of sp³-hybridized carbons (Fsp3) is 0.302. The summed E-state index contributed by atoms with van der Waals surface area (Å²) in [5, 5.41) is 10.3. The van der Waals surface area contributed by atoms with Crippen LogP contribution in [0.3, 0.4) is 0 Å². The van der Waals surface area contributed by atoms with Gasteiger partial charge in [-0.05, 0) is 60.7 Å². The maximum atomic E-state index is 5.76. The highest BCUT2D eigenvalue weighted by molar-refractivity contribution is 5.77. The highest BCUT2D eigenvalue weighted by atomic mass is 16.5. The molecule has 6 aromatic rings. The first kappa shape index (κ1) is 41.5. The Morgan fingerprint density at radius 2 is 0.525 bits per heavy atom. The van der Waals surface area contributed by atoms with E-state index in [9.17, 15) is 0 Å². The third-order valence-corrected chi connectivity index (χ3v) is 9.67. The zero-order valence-corrected chi connectivity index (χ0v) is 35.2. The number of benzene rings is 4. The molecule has 16 nitrogen and oxygen atoms in total. The molecule has 0 saturated carbocycles. The summed E-state index contributed by atoms with van der Waals surface area (Å²) in [6, 6.07) is 18.7. The van der Waals surface area contributed by atoms with Gasteiger partial charge >= 0.3 is 0 Å². The summed E-state index contributed by atoms with van der Waals surface area (Å²) in [4.78, 5) is 0. The lowest BCUT2D eigenvalue weighted by atomic mass is 10.1. The van der Waals surface area contributed by atoms with Gasteiger partial charge in [0.1, 0.15) is 6.67 Å². The lowest BCUT2D eigenvalue weighted by Gasteiger charge is -2.16. The van der Waals surface area contributed by atoms with Crippen molar-refractivity contribution in [3.63, 3.8) is 0 Å². The van der Waals surface area contributed by atoms with E-state index < -0.39 is 0 Å². The highest BCUT2D eigenvalue weighted by Crippen LogP contribution is 2.46. The van der Waals surface area contributed by atoms with Crippen LogP contribution in [0.2, 0.25) is 0 Å². The van der Waals surface area contributed by atoms with Crippen molar-refractivity contribution in [1.29, 1.82) is 0 Å². The van der Waals surface area contributed by atoms with E-state index in [4.69, 9.17) is 67.0 Å². The zero-order valence-electron chi connectivity index (χ0n) is 35.2. The van der Waals surface area contributed by atoms with Crippen molar-refractivity contribution in [3.8, 4) is 114 Å². The van der Waals surface area contributed by atoms with Gasteiger partial charge in [-0.3, -0.25) is 0 Å². The molecule has 0 aliphatic rings. The molecule has 59 heavy (non-hydrogen) atoms. The van der Waals surface area contributed by atoms with Gasteiger partial charge in [0, 0.05) is 22.3 Å². The minimum atomic E-state index is 0.104. The molecule has 0 amide bonds. The van der Waals surface area contributed by atoms with Crippen LogP contribution in [0.15, 0.2) is 60.7 Å². The van der Waals surface area contributed by atoms with E-state index in [1.807, 2.05) is 70.0 Å². The summed E-state index contributed by atoms with van der Waals surface area (Å²) in [5.74, 6) is 5.53. The van der Waals surface area contributed by atoms with E-state index in [1.165, 1.54) is 0 Å². The molecule has 0 aliphatic heterocycles. The largest absolute Gasteiger partial charge is 0.493 e. The number of hydrogen-bond donors (Lipinski definition) is 0. The smallest absolute Gasteiger partial charge is 0.203 e. The molecule has 6 rings (SSSR count). The summed E-state index contributed by atoms with van der Waals surface area (Å²) in [6.07, 6.45) is 0. The van der Waals surface area contributed by atoms with Gasteiger partial charge in [-0.25, -0.2) is 9.36 Å². The van der Waals surface area contributed by atoms with E-state index >= 15 is 0 Å². The Bertz CT molecular complexity index is 2170. The van der Waals surface area contributed by atoms with Gasteiger partial charge in [0.05, 0.1) is 108 Å². The number of hydrogen-bond acceptors (Lipinski definition) is 14. The van der Waals surface area contributed by atoms with Crippen molar-refractivity contribution < 1.29 is 56.8 Å². The molecule has 0 bridgehead atoms. The lowest BCUT2D eigenvalue weighted by molar-refractivity contribution is 0.324. The predicted octanol–water partition coefficient (Wildman–Crippen LogP) is 7.36. The number of rotatable bonds is 18. The molecule has 2 heterocycles. The Morgan fingerprint density at radius 1 is 0.305 bits per heavy atom. The van der Waals surface area contributed by atoms with Gasteiger partial charge in [0.15, 0.2) is 46.0 Å². The van der Waals surface area contributed by atoms with Crippen LogP contribution < -0.4 is 56.8 Å². The second-order valence-electron chi connectivity index (χ2n) is 12.6. The molecule has 0 aliphatic carbocycles. The van der Waals surface area contributed by atoms with Gasteiger partial charge in [-0.1, -0.05) is 0 Å². The van der Waals surface area contributed by atoms with Gasteiger partial charge in [0.25, 0.3) is 0 Å². The molecule has 0 saturated heterocycles. The SMILES string of the molecule is COc1cc(-c2cc(-c3cc(OC)c(OC)c(OC)c3)n(Cn3nc(-c4cc(OC)c(OC)c(OC)c4)cc3-c3cc(OC)c(OC)c(OC)c3)n2)cc(OC)c1OC. The van der Waals surface area contributed by atoms with Crippen LogP contribution in [0.1, 0.15) is 0 Å². The van der Waals surface area contributed by atoms with E-state index in [2.05, 4.69) is 0 Å². The van der Waals surface area contributed by atoms with Crippen molar-refractivity contribution in [2.75, 3.05) is 85.3 Å². The fourth-order valence-electron chi connectivity index (χ4n) is 6.84. The average molecular weight is 813 g/mol. The minimum absolute atomic E-state index is 0.104. The van der Waals surface area contributed by atoms with Crippen LogP contribution in [0.5, 0.6) is 69.0 Å². The second kappa shape index (κ2) is 18.0. The van der Waals surface area contributed by atoms with Crippen LogP contribution in [0.25, 0.3) is 45.0 Å². The number of nitrogens with zero attached hydrogens (tertiary/aromatic N) is 4. The Morgan fingerprint density at radius 3 is 0.729 bits per heavy atom. The quantitative estimate of drug-likeness (QED) is 0.0852. The van der Waals surface area contributed by atoms with Gasteiger partial charge < -0.3 is 56.8 Å². The molecule has 0 unspecified atom stereocenters. The van der Waals surface area contributed by atoms with Crippen molar-refractivity contribution in [2.24, 2.45) is 0 Å². The molecular weight excluding hydrogens is 764 g/mol. The zero-order chi connectivity index (χ0) is 42.4. The molecule has 16 heteroatoms. The van der Waals surface area contributed by atoms with Crippen LogP contribution in [0, 0.1) is 0 Å². The van der Waals surface area contributed by atoms with E-state index in [-0.39, 0.29) is 6.67 Å². The molecule has 0 fully saturated rings. The van der Waals surface area contributed by atoms with Crippen LogP contribution >= 0.6 is 0 Å². The number of aromatic nitrogens is 4. The standard InChI is InChI=1S/C43H48N4O12/c1-48-32-13-24(14-33(49-2)40(32)56-9)28-21-30(26-17-36(52-5)42(58-11)37(18-26)53-6)46(44-28)23-47-31(27-19-38(54-7)43(59-12)39(20-27)55-8)22-29(45-47)25-15-34(50-3)41(57-10)35(16-25)51-4/h13-22H,23H2,1-12H3. The predicted molar refractivity (Wildman–Crippen MR) is 220 cm³/mol. The molecule has 0 radical (unpaired) electrons. The topological polar surface area (TPSA) is 146 Å². The summed E-state index contributed by atoms with van der Waals surface area (Å²) in [5.41, 5.74) is 5.42. The number of ether oxygens (including phenoxy) is 12. The summed E-state index contributed by atoms with van der Waals surface area (Å²) >= 11 is 0. The Labute approximate surface area is 342 Å². The molecule has 0 spiro atoms. The molecule has 2 aromatic heterocycles. The third-order valence-electron chi connectivity index (χ3n) is 9.67. The highest BCUT2D eigenvalue weighted by Gasteiger charge is 2.24. The van der Waals surface area contributed by atoms with Gasteiger partial charge in [0.2, 0.25) is 23.0 Å². The first-order chi connectivity index (χ1) is 28.7. The van der Waals surface area contributed by atoms with Crippen molar-refractivity contribution in [3.05, 3.63) is 60.7 Å². The first-order valence-corrected chi connectivity index (χ1v) is 18.0. The van der Waals surface area contributed by atoms with E-state index in [0.717, 1.165) is 11.1 Å². The van der Waals surface area contributed by atoms with E-state index in [0.29, 0.717) is 103 Å². The molecular formula is C43H48N4O12. The van der Waals surface area contributed by atoms with Crippen molar-refractivity contribution in [1.82, 2.24) is 19.6 Å². The molecule has 0 N–H and O–H groups in total. The van der Waals surface area contributed by atoms with Gasteiger partial charge in [-0.2, -0.15) is 10.2 Å². The normalized spacial score (nSPS) is 10.8. The van der Waals surface area contributed by atoms with Gasteiger partial charge in [-0.15, -0.1) is 0 Å². The maximum absolute atomic E-state index is 5.76. The van der Waals surface area contributed by atoms with Crippen molar-refractivity contribution >= 4 is 0 Å². The summed E-state index contributed by atoms with van der Waals surface area (Å²) < 4.78 is 72.0. The van der Waals surface area contributed by atoms with Crippen molar-refractivity contribution in [2.45, 2.75) is 6.67 Å². The minimum Gasteiger partial charge on any atom is -0.493 e. The first-order valence-electron chi connectivity index (χ1n) is 18.0. The maximum Gasteiger partial charge on any atom is 0.203 e. The summed E-state index contributed by atoms with van der Waals surface area (Å²) in [6.45, 7) is 0.104. The Hall–Kier alpha value is -7.10. The Kier molecular flexibility index (Phi) is 12.7. The van der Waals surface area contributed by atoms with E-state index in [1.54, 1.807) is 85.3 Å². The Balaban J connectivity index is 1.63. The lowest BCUT2D eigenvalue weighted by Crippen LogP contribution is -2.13. The average Bonchev–Trinajstić information content (AvgIpc) is 3.91. The second-order valence-corrected chi connectivity index (χ2v) is 12.6.